The Morgan fingerprint density at radius 2 is 2.03 bits per heavy atom. The molecule has 3 heterocycles. The molecule has 6 heteroatoms. The van der Waals surface area contributed by atoms with Crippen molar-refractivity contribution in [2.24, 2.45) is 5.92 Å². The summed E-state index contributed by atoms with van der Waals surface area (Å²) in [6, 6.07) is 1.92. The number of nitrogens with one attached hydrogen (secondary N) is 1. The molecule has 1 fully saturated rings. The highest BCUT2D eigenvalue weighted by molar-refractivity contribution is 6.32. The van der Waals surface area contributed by atoms with Crippen LogP contribution < -0.4 is 5.32 Å². The number of piperidine rings is 1. The molecular weight excluding hydrogens is 406 g/mol. The Kier molecular flexibility index (Phi) is 6.66. The van der Waals surface area contributed by atoms with E-state index in [-0.39, 0.29) is 0 Å². The number of aromatic nitrogens is 3. The summed E-state index contributed by atoms with van der Waals surface area (Å²) in [6.07, 6.45) is 18.5. The molecule has 5 nitrogen and oxygen atoms in total. The fraction of sp³-hybridized carbons (Fsp3) is 0.280. The molecule has 31 heavy (non-hydrogen) atoms. The summed E-state index contributed by atoms with van der Waals surface area (Å²) in [5.41, 5.74) is 7.62. The van der Waals surface area contributed by atoms with Gasteiger partial charge >= 0.3 is 0 Å². The van der Waals surface area contributed by atoms with Crippen molar-refractivity contribution in [3.05, 3.63) is 89.2 Å². The third-order valence-electron chi connectivity index (χ3n) is 5.66. The van der Waals surface area contributed by atoms with Crippen molar-refractivity contribution in [2.45, 2.75) is 26.2 Å². The van der Waals surface area contributed by atoms with E-state index in [1.807, 2.05) is 12.1 Å². The quantitative estimate of drug-likeness (QED) is 0.573. The van der Waals surface area contributed by atoms with Crippen molar-refractivity contribution in [3.63, 3.8) is 0 Å². The molecule has 0 aromatic carbocycles. The van der Waals surface area contributed by atoms with E-state index in [1.165, 1.54) is 11.1 Å². The van der Waals surface area contributed by atoms with Crippen molar-refractivity contribution in [3.8, 4) is 0 Å². The number of pyridine rings is 1. The third-order valence-corrected chi connectivity index (χ3v) is 5.96. The maximum atomic E-state index is 6.47. The zero-order valence-electron chi connectivity index (χ0n) is 17.7. The molecule has 0 amide bonds. The van der Waals surface area contributed by atoms with Gasteiger partial charge in [0, 0.05) is 42.9 Å². The molecule has 1 N–H and O–H groups in total. The first-order valence-corrected chi connectivity index (χ1v) is 10.9. The number of hydrogen-bond donors (Lipinski definition) is 1. The normalized spacial score (nSPS) is 16.5. The number of rotatable bonds is 6. The lowest BCUT2D eigenvalue weighted by Crippen LogP contribution is -2.32. The van der Waals surface area contributed by atoms with Gasteiger partial charge in [0.25, 0.3) is 0 Å². The van der Waals surface area contributed by atoms with Crippen molar-refractivity contribution in [2.75, 3.05) is 18.4 Å². The minimum atomic E-state index is 0.597. The van der Waals surface area contributed by atoms with Gasteiger partial charge in [0.1, 0.15) is 11.6 Å². The van der Waals surface area contributed by atoms with Crippen molar-refractivity contribution < 1.29 is 0 Å². The maximum absolute atomic E-state index is 6.47. The third kappa shape index (κ3) is 5.52. The SMILES string of the molecule is C=C(c1cc(Nc2cnccn2)ncc1Cl)N1CCC(CC2=CC=C=C(C)C=C2)CC1. The van der Waals surface area contributed by atoms with Gasteiger partial charge in [-0.15, -0.1) is 5.73 Å². The molecule has 2 aliphatic rings. The standard InChI is InChI=1S/C25H26ClN5/c1-18-4-3-5-20(7-6-18)14-21-8-12-31(13-9-21)19(2)22-15-24(29-16-23(22)26)30-25-17-27-10-11-28-25/h3,5-7,10-11,15-17,21H,2,8-9,12-14H2,1H3,(H,28,29,30). The van der Waals surface area contributed by atoms with Gasteiger partial charge in [0.05, 0.1) is 11.2 Å². The van der Waals surface area contributed by atoms with E-state index < -0.39 is 0 Å². The molecule has 0 unspecified atom stereocenters. The van der Waals surface area contributed by atoms with E-state index in [1.54, 1.807) is 24.8 Å². The molecule has 0 atom stereocenters. The Morgan fingerprint density at radius 3 is 2.81 bits per heavy atom. The molecule has 1 aliphatic heterocycles. The Morgan fingerprint density at radius 1 is 1.19 bits per heavy atom. The highest BCUT2D eigenvalue weighted by Gasteiger charge is 2.22. The zero-order chi connectivity index (χ0) is 21.6. The van der Waals surface area contributed by atoms with Crippen LogP contribution >= 0.6 is 11.6 Å². The lowest BCUT2D eigenvalue weighted by atomic mass is 9.89. The molecule has 0 spiro atoms. The van der Waals surface area contributed by atoms with Gasteiger partial charge < -0.3 is 10.2 Å². The monoisotopic (exact) mass is 431 g/mol. The van der Waals surface area contributed by atoms with Crippen LogP contribution in [0.5, 0.6) is 0 Å². The number of anilines is 2. The number of hydrogen-bond acceptors (Lipinski definition) is 5. The van der Waals surface area contributed by atoms with Gasteiger partial charge in [0.15, 0.2) is 0 Å². The second-order valence-electron chi connectivity index (χ2n) is 7.92. The molecule has 2 aromatic rings. The summed E-state index contributed by atoms with van der Waals surface area (Å²) in [4.78, 5) is 15.0. The van der Waals surface area contributed by atoms with Crippen molar-refractivity contribution in [1.82, 2.24) is 19.9 Å². The smallest absolute Gasteiger partial charge is 0.150 e. The number of halogens is 1. The van der Waals surface area contributed by atoms with Crippen LogP contribution in [0.1, 0.15) is 31.7 Å². The summed E-state index contributed by atoms with van der Waals surface area (Å²) in [5, 5.41) is 3.76. The summed E-state index contributed by atoms with van der Waals surface area (Å²) in [7, 11) is 0. The Labute approximate surface area is 188 Å². The molecule has 158 valence electrons. The van der Waals surface area contributed by atoms with Crippen LogP contribution in [0.15, 0.2) is 78.6 Å². The molecule has 1 aliphatic carbocycles. The van der Waals surface area contributed by atoms with Crippen LogP contribution in [-0.2, 0) is 0 Å². The number of nitrogens with zero attached hydrogens (tertiary/aromatic N) is 4. The zero-order valence-corrected chi connectivity index (χ0v) is 18.4. The predicted molar refractivity (Wildman–Crippen MR) is 127 cm³/mol. The summed E-state index contributed by atoms with van der Waals surface area (Å²) >= 11 is 6.47. The molecular formula is C25H26ClN5. The maximum Gasteiger partial charge on any atom is 0.150 e. The van der Waals surface area contributed by atoms with Crippen molar-refractivity contribution >= 4 is 28.9 Å². The van der Waals surface area contributed by atoms with Gasteiger partial charge in [-0.1, -0.05) is 36.4 Å². The molecule has 2 aromatic heterocycles. The van der Waals surface area contributed by atoms with Crippen LogP contribution in [0.4, 0.5) is 11.6 Å². The Hall–Kier alpha value is -3.14. The van der Waals surface area contributed by atoms with E-state index in [4.69, 9.17) is 11.6 Å². The first-order chi connectivity index (χ1) is 15.1. The van der Waals surface area contributed by atoms with Gasteiger partial charge in [-0.3, -0.25) is 4.98 Å². The topological polar surface area (TPSA) is 53.9 Å². The average molecular weight is 432 g/mol. The fourth-order valence-electron chi connectivity index (χ4n) is 3.89. The molecule has 1 saturated heterocycles. The second kappa shape index (κ2) is 9.78. The van der Waals surface area contributed by atoms with Gasteiger partial charge in [0.2, 0.25) is 0 Å². The van der Waals surface area contributed by atoms with E-state index >= 15 is 0 Å². The molecule has 4 rings (SSSR count). The van der Waals surface area contributed by atoms with Crippen LogP contribution in [0.2, 0.25) is 5.02 Å². The highest BCUT2D eigenvalue weighted by Crippen LogP contribution is 2.32. The van der Waals surface area contributed by atoms with E-state index in [2.05, 4.69) is 62.6 Å². The van der Waals surface area contributed by atoms with Gasteiger partial charge in [-0.25, -0.2) is 9.97 Å². The minimum absolute atomic E-state index is 0.597. The first-order valence-electron chi connectivity index (χ1n) is 10.5. The summed E-state index contributed by atoms with van der Waals surface area (Å²) in [6.45, 7) is 8.36. The van der Waals surface area contributed by atoms with Crippen LogP contribution in [0.3, 0.4) is 0 Å². The number of allylic oxidation sites excluding steroid dienone is 5. The Balaban J connectivity index is 1.37. The molecule has 0 bridgehead atoms. The average Bonchev–Trinajstić information content (AvgIpc) is 3.00. The largest absolute Gasteiger partial charge is 0.371 e. The van der Waals surface area contributed by atoms with E-state index in [0.29, 0.717) is 22.6 Å². The minimum Gasteiger partial charge on any atom is -0.371 e. The lowest BCUT2D eigenvalue weighted by Gasteiger charge is -2.35. The predicted octanol–water partition coefficient (Wildman–Crippen LogP) is 5.94. The van der Waals surface area contributed by atoms with Gasteiger partial charge in [-0.2, -0.15) is 0 Å². The van der Waals surface area contributed by atoms with Crippen LogP contribution in [0.25, 0.3) is 5.70 Å². The van der Waals surface area contributed by atoms with E-state index in [9.17, 15) is 0 Å². The highest BCUT2D eigenvalue weighted by atomic mass is 35.5. The molecule has 0 saturated carbocycles. The Bertz CT molecular complexity index is 1070. The summed E-state index contributed by atoms with van der Waals surface area (Å²) in [5.74, 6) is 1.98. The lowest BCUT2D eigenvalue weighted by molar-refractivity contribution is 0.255. The number of likely N-dealkylation sites (tertiary alicyclic amines) is 1. The van der Waals surface area contributed by atoms with Crippen LogP contribution in [-0.4, -0.2) is 32.9 Å². The van der Waals surface area contributed by atoms with E-state index in [0.717, 1.165) is 43.6 Å². The summed E-state index contributed by atoms with van der Waals surface area (Å²) < 4.78 is 0. The molecule has 0 radical (unpaired) electrons. The van der Waals surface area contributed by atoms with Crippen LogP contribution in [0, 0.1) is 5.92 Å². The fourth-order valence-corrected chi connectivity index (χ4v) is 4.10. The first kappa shape index (κ1) is 21.1. The van der Waals surface area contributed by atoms with Crippen molar-refractivity contribution in [1.29, 1.82) is 0 Å². The second-order valence-corrected chi connectivity index (χ2v) is 8.32. The van der Waals surface area contributed by atoms with Gasteiger partial charge in [-0.05, 0) is 55.4 Å².